The molecule has 2 N–H and O–H groups in total. The molecule has 0 bridgehead atoms. The molecule has 4 heteroatoms. The smallest absolute Gasteiger partial charge is 0.338 e. The molecular formula is C14H12BrNO2. The van der Waals surface area contributed by atoms with E-state index < -0.39 is 0 Å². The number of rotatable bonds is 2. The van der Waals surface area contributed by atoms with Crippen molar-refractivity contribution in [2.24, 2.45) is 0 Å². The number of anilines is 1. The molecule has 0 heterocycles. The van der Waals surface area contributed by atoms with E-state index in [1.807, 2.05) is 30.3 Å². The Bertz CT molecular complexity index is 579. The van der Waals surface area contributed by atoms with Crippen molar-refractivity contribution in [3.8, 4) is 11.1 Å². The van der Waals surface area contributed by atoms with Crippen molar-refractivity contribution in [1.29, 1.82) is 0 Å². The first-order chi connectivity index (χ1) is 8.61. The fourth-order valence-corrected chi connectivity index (χ4v) is 1.99. The Balaban J connectivity index is 2.56. The average molecular weight is 306 g/mol. The van der Waals surface area contributed by atoms with Gasteiger partial charge in [-0.1, -0.05) is 34.1 Å². The van der Waals surface area contributed by atoms with Gasteiger partial charge in [0, 0.05) is 10.2 Å². The molecule has 0 unspecified atom stereocenters. The Labute approximate surface area is 114 Å². The quantitative estimate of drug-likeness (QED) is 0.682. The molecule has 92 valence electrons. The molecule has 2 aromatic carbocycles. The summed E-state index contributed by atoms with van der Waals surface area (Å²) in [7, 11) is 1.36. The molecule has 18 heavy (non-hydrogen) atoms. The zero-order valence-corrected chi connectivity index (χ0v) is 11.4. The van der Waals surface area contributed by atoms with Gasteiger partial charge in [0.05, 0.1) is 12.7 Å². The highest BCUT2D eigenvalue weighted by atomic mass is 79.9. The summed E-state index contributed by atoms with van der Waals surface area (Å²) in [6.07, 6.45) is 0. The van der Waals surface area contributed by atoms with Gasteiger partial charge in [-0.05, 0) is 35.4 Å². The molecule has 0 radical (unpaired) electrons. The van der Waals surface area contributed by atoms with E-state index in [1.54, 1.807) is 12.1 Å². The van der Waals surface area contributed by atoms with E-state index in [-0.39, 0.29) is 5.97 Å². The third-order valence-electron chi connectivity index (χ3n) is 2.60. The molecule has 0 aliphatic rings. The van der Waals surface area contributed by atoms with E-state index in [9.17, 15) is 4.79 Å². The Kier molecular flexibility index (Phi) is 3.67. The molecule has 2 aromatic rings. The summed E-state index contributed by atoms with van der Waals surface area (Å²) in [5, 5.41) is 0. The van der Waals surface area contributed by atoms with Crippen molar-refractivity contribution >= 4 is 27.6 Å². The van der Waals surface area contributed by atoms with Gasteiger partial charge in [0.15, 0.2) is 0 Å². The fraction of sp³-hybridized carbons (Fsp3) is 0.0714. The summed E-state index contributed by atoms with van der Waals surface area (Å²) in [4.78, 5) is 11.7. The van der Waals surface area contributed by atoms with Crippen LogP contribution in [0.4, 0.5) is 5.69 Å². The number of nitrogens with two attached hydrogens (primary N) is 1. The van der Waals surface area contributed by atoms with E-state index in [4.69, 9.17) is 10.5 Å². The number of hydrogen-bond acceptors (Lipinski definition) is 3. The third kappa shape index (κ3) is 2.54. The van der Waals surface area contributed by atoms with Gasteiger partial charge < -0.3 is 10.5 Å². The minimum Gasteiger partial charge on any atom is -0.465 e. The van der Waals surface area contributed by atoms with Gasteiger partial charge in [0.1, 0.15) is 0 Å². The number of halogens is 1. The van der Waals surface area contributed by atoms with Gasteiger partial charge in [0.2, 0.25) is 0 Å². The van der Waals surface area contributed by atoms with Gasteiger partial charge in [0.25, 0.3) is 0 Å². The van der Waals surface area contributed by atoms with Crippen LogP contribution in [0.25, 0.3) is 11.1 Å². The Morgan fingerprint density at radius 3 is 2.44 bits per heavy atom. The summed E-state index contributed by atoms with van der Waals surface area (Å²) in [5.41, 5.74) is 8.47. The Morgan fingerprint density at radius 2 is 1.83 bits per heavy atom. The Hall–Kier alpha value is -1.81. The molecule has 3 nitrogen and oxygen atoms in total. The number of esters is 1. The number of benzene rings is 2. The van der Waals surface area contributed by atoms with Gasteiger partial charge in [-0.25, -0.2) is 4.79 Å². The second kappa shape index (κ2) is 5.23. The van der Waals surface area contributed by atoms with Gasteiger partial charge >= 0.3 is 5.97 Å². The molecule has 0 saturated heterocycles. The van der Waals surface area contributed by atoms with Crippen molar-refractivity contribution in [2.75, 3.05) is 12.8 Å². The first-order valence-corrected chi connectivity index (χ1v) is 6.15. The van der Waals surface area contributed by atoms with Crippen LogP contribution < -0.4 is 5.73 Å². The van der Waals surface area contributed by atoms with Crippen LogP contribution in [0.2, 0.25) is 0 Å². The highest BCUT2D eigenvalue weighted by Crippen LogP contribution is 2.27. The number of carbonyl (C=O) groups excluding carboxylic acids is 1. The molecule has 0 atom stereocenters. The number of nitrogen functional groups attached to an aromatic ring is 1. The van der Waals surface area contributed by atoms with Crippen LogP contribution in [-0.2, 0) is 4.74 Å². The molecule has 0 fully saturated rings. The largest absolute Gasteiger partial charge is 0.465 e. The van der Waals surface area contributed by atoms with Crippen LogP contribution in [0.3, 0.4) is 0 Å². The topological polar surface area (TPSA) is 52.3 Å². The summed E-state index contributed by atoms with van der Waals surface area (Å²) in [6.45, 7) is 0. The standard InChI is InChI=1S/C14H12BrNO2/c1-18-14(17)13-8-11(16)6-7-12(13)9-2-4-10(15)5-3-9/h2-8H,16H2,1H3. The van der Waals surface area contributed by atoms with Crippen LogP contribution in [-0.4, -0.2) is 13.1 Å². The van der Waals surface area contributed by atoms with E-state index in [0.717, 1.165) is 15.6 Å². The second-order valence-corrected chi connectivity index (χ2v) is 4.72. The van der Waals surface area contributed by atoms with E-state index in [1.165, 1.54) is 7.11 Å². The lowest BCUT2D eigenvalue weighted by Gasteiger charge is -2.09. The van der Waals surface area contributed by atoms with Gasteiger partial charge in [-0.3, -0.25) is 0 Å². The molecule has 0 saturated carbocycles. The normalized spacial score (nSPS) is 10.1. The molecule has 0 amide bonds. The van der Waals surface area contributed by atoms with E-state index >= 15 is 0 Å². The molecule has 0 aliphatic carbocycles. The first-order valence-electron chi connectivity index (χ1n) is 5.35. The second-order valence-electron chi connectivity index (χ2n) is 3.80. The van der Waals surface area contributed by atoms with Gasteiger partial charge in [-0.15, -0.1) is 0 Å². The number of methoxy groups -OCH3 is 1. The third-order valence-corrected chi connectivity index (χ3v) is 3.13. The van der Waals surface area contributed by atoms with Crippen LogP contribution in [0.1, 0.15) is 10.4 Å². The van der Waals surface area contributed by atoms with Gasteiger partial charge in [-0.2, -0.15) is 0 Å². The van der Waals surface area contributed by atoms with Crippen molar-refractivity contribution in [3.63, 3.8) is 0 Å². The minimum absolute atomic E-state index is 0.389. The zero-order chi connectivity index (χ0) is 13.1. The Morgan fingerprint density at radius 1 is 1.17 bits per heavy atom. The predicted molar refractivity (Wildman–Crippen MR) is 75.3 cm³/mol. The molecule has 0 aromatic heterocycles. The van der Waals surface area contributed by atoms with Crippen LogP contribution in [0.5, 0.6) is 0 Å². The number of ether oxygens (including phenoxy) is 1. The lowest BCUT2D eigenvalue weighted by atomic mass is 9.99. The zero-order valence-electron chi connectivity index (χ0n) is 9.81. The van der Waals surface area contributed by atoms with Crippen molar-refractivity contribution in [1.82, 2.24) is 0 Å². The average Bonchev–Trinajstić information content (AvgIpc) is 2.39. The summed E-state index contributed by atoms with van der Waals surface area (Å²) >= 11 is 3.38. The fourth-order valence-electron chi connectivity index (χ4n) is 1.72. The first kappa shape index (κ1) is 12.6. The van der Waals surface area contributed by atoms with Crippen molar-refractivity contribution in [3.05, 3.63) is 52.5 Å². The number of carbonyl (C=O) groups is 1. The lowest BCUT2D eigenvalue weighted by Crippen LogP contribution is -2.04. The predicted octanol–water partition coefficient (Wildman–Crippen LogP) is 3.48. The van der Waals surface area contributed by atoms with Crippen LogP contribution in [0.15, 0.2) is 46.9 Å². The van der Waals surface area contributed by atoms with E-state index in [0.29, 0.717) is 11.3 Å². The van der Waals surface area contributed by atoms with Crippen LogP contribution in [0, 0.1) is 0 Å². The maximum Gasteiger partial charge on any atom is 0.338 e. The monoisotopic (exact) mass is 305 g/mol. The molecule has 0 spiro atoms. The molecule has 2 rings (SSSR count). The maximum absolute atomic E-state index is 11.7. The SMILES string of the molecule is COC(=O)c1cc(N)ccc1-c1ccc(Br)cc1. The van der Waals surface area contributed by atoms with Crippen molar-refractivity contribution in [2.45, 2.75) is 0 Å². The summed E-state index contributed by atoms with van der Waals surface area (Å²) in [5.74, 6) is -0.389. The van der Waals surface area contributed by atoms with Crippen molar-refractivity contribution < 1.29 is 9.53 Å². The van der Waals surface area contributed by atoms with Crippen LogP contribution >= 0.6 is 15.9 Å². The molecule has 0 aliphatic heterocycles. The summed E-state index contributed by atoms with van der Waals surface area (Å²) in [6, 6.07) is 12.9. The summed E-state index contributed by atoms with van der Waals surface area (Å²) < 4.78 is 5.76. The molecular weight excluding hydrogens is 294 g/mol. The highest BCUT2D eigenvalue weighted by molar-refractivity contribution is 9.10. The number of hydrogen-bond donors (Lipinski definition) is 1. The lowest BCUT2D eigenvalue weighted by molar-refractivity contribution is 0.0601. The minimum atomic E-state index is -0.389. The van der Waals surface area contributed by atoms with E-state index in [2.05, 4.69) is 15.9 Å². The maximum atomic E-state index is 11.7. The highest BCUT2D eigenvalue weighted by Gasteiger charge is 2.13.